The number of rotatable bonds is 6. The minimum Gasteiger partial charge on any atom is -0.507 e. The SMILES string of the molecule is CC(=NNC(=O)c1ccc(OCc2ccccc2)cc1)c1ccccc1O. The second-order valence-electron chi connectivity index (χ2n) is 5.95. The molecule has 0 atom stereocenters. The van der Waals surface area contributed by atoms with Crippen LogP contribution in [0.4, 0.5) is 0 Å². The number of nitrogens with one attached hydrogen (secondary N) is 1. The smallest absolute Gasteiger partial charge is 0.271 e. The van der Waals surface area contributed by atoms with Gasteiger partial charge in [-0.2, -0.15) is 5.10 Å². The topological polar surface area (TPSA) is 70.9 Å². The van der Waals surface area contributed by atoms with Crippen LogP contribution < -0.4 is 10.2 Å². The molecule has 0 heterocycles. The van der Waals surface area contributed by atoms with Gasteiger partial charge in [-0.25, -0.2) is 5.43 Å². The van der Waals surface area contributed by atoms with Crippen molar-refractivity contribution in [2.45, 2.75) is 13.5 Å². The van der Waals surface area contributed by atoms with Gasteiger partial charge in [0.05, 0.1) is 5.71 Å². The highest BCUT2D eigenvalue weighted by Crippen LogP contribution is 2.17. The molecule has 136 valence electrons. The molecule has 0 bridgehead atoms. The number of hydrazone groups is 1. The van der Waals surface area contributed by atoms with E-state index < -0.39 is 0 Å². The lowest BCUT2D eigenvalue weighted by molar-refractivity contribution is 0.0954. The Bertz CT molecular complexity index is 935. The van der Waals surface area contributed by atoms with E-state index in [2.05, 4.69) is 10.5 Å². The molecule has 0 saturated carbocycles. The standard InChI is InChI=1S/C22H20N2O3/c1-16(20-9-5-6-10-21(20)25)23-24-22(26)18-11-13-19(14-12-18)27-15-17-7-3-2-4-8-17/h2-14,25H,15H2,1H3,(H,24,26). The number of phenolic OH excluding ortho intramolecular Hbond substituents is 1. The first-order valence-corrected chi connectivity index (χ1v) is 8.53. The number of para-hydroxylation sites is 1. The van der Waals surface area contributed by atoms with Gasteiger partial charge in [0.25, 0.3) is 5.91 Å². The normalized spacial score (nSPS) is 11.1. The molecule has 0 fully saturated rings. The highest BCUT2D eigenvalue weighted by Gasteiger charge is 2.07. The number of benzene rings is 3. The molecule has 1 amide bonds. The molecular weight excluding hydrogens is 340 g/mol. The maximum absolute atomic E-state index is 12.2. The summed E-state index contributed by atoms with van der Waals surface area (Å²) >= 11 is 0. The maximum Gasteiger partial charge on any atom is 0.271 e. The minimum absolute atomic E-state index is 0.118. The quantitative estimate of drug-likeness (QED) is 0.513. The van der Waals surface area contributed by atoms with Crippen LogP contribution in [-0.2, 0) is 6.61 Å². The Hall–Kier alpha value is -3.60. The van der Waals surface area contributed by atoms with Gasteiger partial charge >= 0.3 is 0 Å². The second kappa shape index (κ2) is 8.67. The summed E-state index contributed by atoms with van der Waals surface area (Å²) in [6.45, 7) is 2.19. The van der Waals surface area contributed by atoms with Gasteiger partial charge in [-0.3, -0.25) is 4.79 Å². The van der Waals surface area contributed by atoms with Crippen LogP contribution >= 0.6 is 0 Å². The van der Waals surface area contributed by atoms with Crippen LogP contribution in [0.3, 0.4) is 0 Å². The van der Waals surface area contributed by atoms with E-state index in [0.29, 0.717) is 29.2 Å². The number of phenols is 1. The second-order valence-corrected chi connectivity index (χ2v) is 5.95. The molecule has 5 heteroatoms. The molecule has 0 unspecified atom stereocenters. The highest BCUT2D eigenvalue weighted by molar-refractivity contribution is 6.02. The van der Waals surface area contributed by atoms with Crippen molar-refractivity contribution < 1.29 is 14.6 Å². The Morgan fingerprint density at radius 2 is 1.63 bits per heavy atom. The summed E-state index contributed by atoms with van der Waals surface area (Å²) in [7, 11) is 0. The van der Waals surface area contributed by atoms with Crippen LogP contribution in [0.25, 0.3) is 0 Å². The molecule has 0 aliphatic heterocycles. The summed E-state index contributed by atoms with van der Waals surface area (Å²) in [6, 6.07) is 23.6. The minimum atomic E-state index is -0.334. The number of aromatic hydroxyl groups is 1. The van der Waals surface area contributed by atoms with Crippen LogP contribution in [0.15, 0.2) is 84.0 Å². The van der Waals surface area contributed by atoms with Gasteiger partial charge in [-0.15, -0.1) is 0 Å². The number of ether oxygens (including phenoxy) is 1. The summed E-state index contributed by atoms with van der Waals surface area (Å²) in [5, 5.41) is 13.9. The molecule has 0 radical (unpaired) electrons. The molecule has 27 heavy (non-hydrogen) atoms. The van der Waals surface area contributed by atoms with E-state index in [1.165, 1.54) is 0 Å². The summed E-state index contributed by atoms with van der Waals surface area (Å²) in [6.07, 6.45) is 0. The zero-order valence-corrected chi connectivity index (χ0v) is 14.9. The first-order chi connectivity index (χ1) is 13.1. The zero-order chi connectivity index (χ0) is 19.1. The predicted octanol–water partition coefficient (Wildman–Crippen LogP) is 4.13. The van der Waals surface area contributed by atoms with Crippen LogP contribution in [0.5, 0.6) is 11.5 Å². The number of hydrogen-bond donors (Lipinski definition) is 2. The van der Waals surface area contributed by atoms with E-state index in [4.69, 9.17) is 4.74 Å². The van der Waals surface area contributed by atoms with Crippen molar-refractivity contribution in [3.63, 3.8) is 0 Å². The van der Waals surface area contributed by atoms with Crippen molar-refractivity contribution in [2.75, 3.05) is 0 Å². The van der Waals surface area contributed by atoms with Gasteiger partial charge in [0.2, 0.25) is 0 Å². The van der Waals surface area contributed by atoms with Crippen LogP contribution in [0.2, 0.25) is 0 Å². The summed E-state index contributed by atoms with van der Waals surface area (Å²) < 4.78 is 5.71. The third-order valence-electron chi connectivity index (χ3n) is 3.98. The zero-order valence-electron chi connectivity index (χ0n) is 14.9. The third-order valence-corrected chi connectivity index (χ3v) is 3.98. The van der Waals surface area contributed by atoms with Gasteiger partial charge in [0, 0.05) is 11.1 Å². The molecule has 3 rings (SSSR count). The Morgan fingerprint density at radius 3 is 2.33 bits per heavy atom. The van der Waals surface area contributed by atoms with Gasteiger partial charge in [-0.1, -0.05) is 42.5 Å². The highest BCUT2D eigenvalue weighted by atomic mass is 16.5. The third kappa shape index (κ3) is 4.95. The van der Waals surface area contributed by atoms with Crippen molar-refractivity contribution >= 4 is 11.6 Å². The molecule has 0 spiro atoms. The van der Waals surface area contributed by atoms with Crippen LogP contribution in [0.1, 0.15) is 28.4 Å². The van der Waals surface area contributed by atoms with Crippen molar-refractivity contribution in [3.8, 4) is 11.5 Å². The molecule has 3 aromatic rings. The van der Waals surface area contributed by atoms with Crippen LogP contribution in [-0.4, -0.2) is 16.7 Å². The molecular formula is C22H20N2O3. The summed E-state index contributed by atoms with van der Waals surface area (Å²) in [4.78, 5) is 12.2. The molecule has 3 aromatic carbocycles. The van der Waals surface area contributed by atoms with Gasteiger partial charge < -0.3 is 9.84 Å². The molecule has 0 aliphatic rings. The molecule has 0 aliphatic carbocycles. The molecule has 5 nitrogen and oxygen atoms in total. The Kier molecular flexibility index (Phi) is 5.84. The van der Waals surface area contributed by atoms with E-state index in [9.17, 15) is 9.90 Å². The van der Waals surface area contributed by atoms with Gasteiger partial charge in [0.15, 0.2) is 0 Å². The Morgan fingerprint density at radius 1 is 0.963 bits per heavy atom. The average molecular weight is 360 g/mol. The van der Waals surface area contributed by atoms with Crippen LogP contribution in [0, 0.1) is 0 Å². The van der Waals surface area contributed by atoms with Crippen molar-refractivity contribution in [1.82, 2.24) is 5.43 Å². The predicted molar refractivity (Wildman–Crippen MR) is 105 cm³/mol. The van der Waals surface area contributed by atoms with E-state index >= 15 is 0 Å². The van der Waals surface area contributed by atoms with E-state index in [0.717, 1.165) is 5.56 Å². The molecule has 2 N–H and O–H groups in total. The number of carbonyl (C=O) groups excluding carboxylic acids is 1. The van der Waals surface area contributed by atoms with Crippen molar-refractivity contribution in [3.05, 3.63) is 95.6 Å². The fraction of sp³-hybridized carbons (Fsp3) is 0.0909. The van der Waals surface area contributed by atoms with Crippen molar-refractivity contribution in [1.29, 1.82) is 0 Å². The molecule has 0 aromatic heterocycles. The lowest BCUT2D eigenvalue weighted by Crippen LogP contribution is -2.19. The Labute approximate surface area is 157 Å². The number of carbonyl (C=O) groups is 1. The first-order valence-electron chi connectivity index (χ1n) is 8.53. The maximum atomic E-state index is 12.2. The average Bonchev–Trinajstić information content (AvgIpc) is 2.72. The summed E-state index contributed by atoms with van der Waals surface area (Å²) in [5.74, 6) is 0.469. The van der Waals surface area contributed by atoms with E-state index in [1.807, 2.05) is 30.3 Å². The fourth-order valence-electron chi connectivity index (χ4n) is 2.48. The Balaban J connectivity index is 1.59. The van der Waals surface area contributed by atoms with Gasteiger partial charge in [-0.05, 0) is 48.9 Å². The number of nitrogens with zero attached hydrogens (tertiary/aromatic N) is 1. The first kappa shape index (κ1) is 18.2. The largest absolute Gasteiger partial charge is 0.507 e. The van der Waals surface area contributed by atoms with E-state index in [1.54, 1.807) is 55.5 Å². The molecule has 0 saturated heterocycles. The lowest BCUT2D eigenvalue weighted by Gasteiger charge is -2.07. The fourth-order valence-corrected chi connectivity index (χ4v) is 2.48. The number of hydrogen-bond acceptors (Lipinski definition) is 4. The van der Waals surface area contributed by atoms with E-state index in [-0.39, 0.29) is 11.7 Å². The summed E-state index contributed by atoms with van der Waals surface area (Å²) in [5.41, 5.74) is 5.13. The monoisotopic (exact) mass is 360 g/mol. The number of amides is 1. The van der Waals surface area contributed by atoms with Crippen molar-refractivity contribution in [2.24, 2.45) is 5.10 Å². The lowest BCUT2D eigenvalue weighted by atomic mass is 10.1. The van der Waals surface area contributed by atoms with Gasteiger partial charge in [0.1, 0.15) is 18.1 Å².